The molecule has 0 N–H and O–H groups in total. The average Bonchev–Trinajstić information content (AvgIpc) is 2.95. The van der Waals surface area contributed by atoms with Crippen LogP contribution in [-0.2, 0) is 11.0 Å². The number of benzene rings is 1. The molecule has 1 unspecified atom stereocenters. The Bertz CT molecular complexity index is 893. The Morgan fingerprint density at radius 2 is 1.86 bits per heavy atom. The van der Waals surface area contributed by atoms with Crippen LogP contribution in [0.25, 0.3) is 11.0 Å². The maximum atomic E-state index is 12.8. The van der Waals surface area contributed by atoms with Crippen molar-refractivity contribution in [3.63, 3.8) is 0 Å². The molecule has 1 aromatic carbocycles. The molecule has 154 valence electrons. The Labute approximate surface area is 176 Å². The molecule has 2 rings (SSSR count). The molecule has 6 heteroatoms. The highest BCUT2D eigenvalue weighted by Gasteiger charge is 2.16. The summed E-state index contributed by atoms with van der Waals surface area (Å²) in [5.41, 5.74) is 2.45. The largest absolute Gasteiger partial charge is 0.497 e. The first kappa shape index (κ1) is 24.2. The number of allylic oxidation sites excluding steroid dienone is 4. The first-order valence-corrected chi connectivity index (χ1v) is 10.8. The summed E-state index contributed by atoms with van der Waals surface area (Å²) >= 11 is 6.18. The summed E-state index contributed by atoms with van der Waals surface area (Å²) in [4.78, 5) is 4.69. The lowest BCUT2D eigenvalue weighted by Crippen LogP contribution is -2.05. The fourth-order valence-corrected chi connectivity index (χ4v) is 3.58. The van der Waals surface area contributed by atoms with E-state index in [0.717, 1.165) is 11.5 Å². The lowest BCUT2D eigenvalue weighted by atomic mass is 10.0. The van der Waals surface area contributed by atoms with Crippen molar-refractivity contribution in [3.8, 4) is 5.75 Å². The predicted molar refractivity (Wildman–Crippen MR) is 122 cm³/mol. The fourth-order valence-electron chi connectivity index (χ4n) is 2.28. The molecule has 0 aliphatic heterocycles. The van der Waals surface area contributed by atoms with Crippen LogP contribution in [-0.4, -0.2) is 20.3 Å². The van der Waals surface area contributed by atoms with E-state index in [9.17, 15) is 4.21 Å². The van der Waals surface area contributed by atoms with Gasteiger partial charge in [0.2, 0.25) is 5.28 Å². The lowest BCUT2D eigenvalue weighted by Gasteiger charge is -2.07. The molecule has 0 amide bonds. The van der Waals surface area contributed by atoms with E-state index in [-0.39, 0.29) is 5.28 Å². The van der Waals surface area contributed by atoms with E-state index in [1.54, 1.807) is 31.4 Å². The van der Waals surface area contributed by atoms with Gasteiger partial charge in [-0.3, -0.25) is 0 Å². The number of aromatic nitrogens is 2. The summed E-state index contributed by atoms with van der Waals surface area (Å²) in [6, 6.07) is 5.32. The SMILES string of the molecule is C=C(/C=C\C(=C/C)C(C)C)S(=O)n1c(Cl)nc2cc(OC)ccc21.CC(C)C. The van der Waals surface area contributed by atoms with Crippen molar-refractivity contribution in [2.75, 3.05) is 7.11 Å². The molecule has 1 aromatic heterocycles. The zero-order chi connectivity index (χ0) is 21.4. The second-order valence-electron chi connectivity index (χ2n) is 7.25. The maximum absolute atomic E-state index is 12.8. The number of hydrogen-bond donors (Lipinski definition) is 0. The molecule has 1 heterocycles. The minimum atomic E-state index is -1.55. The molecule has 28 heavy (non-hydrogen) atoms. The number of fused-ring (bicyclic) bond motifs is 1. The summed E-state index contributed by atoms with van der Waals surface area (Å²) in [6.45, 7) is 16.6. The van der Waals surface area contributed by atoms with Gasteiger partial charge in [-0.05, 0) is 54.1 Å². The Morgan fingerprint density at radius 1 is 1.25 bits per heavy atom. The van der Waals surface area contributed by atoms with Gasteiger partial charge in [0.1, 0.15) is 5.75 Å². The van der Waals surface area contributed by atoms with Gasteiger partial charge in [0.15, 0.2) is 11.0 Å². The van der Waals surface area contributed by atoms with Gasteiger partial charge >= 0.3 is 0 Å². The maximum Gasteiger partial charge on any atom is 0.216 e. The summed E-state index contributed by atoms with van der Waals surface area (Å²) in [7, 11) is 0.0310. The van der Waals surface area contributed by atoms with Crippen molar-refractivity contribution in [3.05, 3.63) is 58.8 Å². The van der Waals surface area contributed by atoms with E-state index in [1.165, 1.54) is 3.97 Å². The van der Waals surface area contributed by atoms with E-state index < -0.39 is 11.0 Å². The van der Waals surface area contributed by atoms with Crippen molar-refractivity contribution in [2.45, 2.75) is 41.5 Å². The van der Waals surface area contributed by atoms with Gasteiger partial charge in [0.25, 0.3) is 0 Å². The molecule has 0 radical (unpaired) electrons. The van der Waals surface area contributed by atoms with Gasteiger partial charge in [-0.25, -0.2) is 13.2 Å². The van der Waals surface area contributed by atoms with E-state index in [0.29, 0.717) is 27.6 Å². The van der Waals surface area contributed by atoms with Crippen LogP contribution in [0.5, 0.6) is 5.75 Å². The molecule has 0 bridgehead atoms. The van der Waals surface area contributed by atoms with Crippen LogP contribution in [0.15, 0.2) is 53.5 Å². The van der Waals surface area contributed by atoms with Gasteiger partial charge in [-0.15, -0.1) is 0 Å². The minimum absolute atomic E-state index is 0.154. The van der Waals surface area contributed by atoms with Crippen molar-refractivity contribution in [2.24, 2.45) is 11.8 Å². The molecule has 0 aliphatic rings. The zero-order valence-electron chi connectivity index (χ0n) is 17.8. The van der Waals surface area contributed by atoms with E-state index in [2.05, 4.69) is 46.2 Å². The Morgan fingerprint density at radius 3 is 2.36 bits per heavy atom. The highest BCUT2D eigenvalue weighted by atomic mass is 35.5. The number of imidazole rings is 1. The van der Waals surface area contributed by atoms with Crippen molar-refractivity contribution >= 4 is 33.6 Å². The van der Waals surface area contributed by atoms with Crippen LogP contribution in [0.2, 0.25) is 5.28 Å². The van der Waals surface area contributed by atoms with Gasteiger partial charge in [-0.1, -0.05) is 53.3 Å². The Balaban J connectivity index is 0.000000892. The van der Waals surface area contributed by atoms with Crippen LogP contribution in [0, 0.1) is 11.8 Å². The first-order chi connectivity index (χ1) is 13.1. The van der Waals surface area contributed by atoms with Crippen LogP contribution in [0.1, 0.15) is 41.5 Å². The fraction of sp³-hybridized carbons (Fsp3) is 0.409. The van der Waals surface area contributed by atoms with Crippen LogP contribution < -0.4 is 4.74 Å². The van der Waals surface area contributed by atoms with Crippen molar-refractivity contribution in [1.82, 2.24) is 8.96 Å². The Kier molecular flexibility index (Phi) is 9.70. The number of ether oxygens (including phenoxy) is 1. The third-order valence-electron chi connectivity index (χ3n) is 3.63. The third kappa shape index (κ3) is 6.64. The number of rotatable bonds is 6. The van der Waals surface area contributed by atoms with Crippen molar-refractivity contribution in [1.29, 1.82) is 0 Å². The zero-order valence-corrected chi connectivity index (χ0v) is 19.4. The number of nitrogens with zero attached hydrogens (tertiary/aromatic N) is 2. The summed E-state index contributed by atoms with van der Waals surface area (Å²) in [6.07, 6.45) is 5.72. The standard InChI is InChI=1S/C18H21ClN2O2S.C4H10/c1-6-14(12(2)3)8-7-13(4)24(22)21-17-10-9-15(23-5)11-16(17)20-18(21)19;1-4(2)3/h6-12H,4H2,1-3,5H3;4H,1-3H3/b8-7-,14-6+;. The molecule has 4 nitrogen and oxygen atoms in total. The van der Waals surface area contributed by atoms with Crippen LogP contribution in [0.3, 0.4) is 0 Å². The molecule has 2 aromatic rings. The summed E-state index contributed by atoms with van der Waals surface area (Å²) in [5.74, 6) is 1.89. The number of halogens is 1. The second kappa shape index (κ2) is 11.2. The number of hydrogen-bond acceptors (Lipinski definition) is 3. The van der Waals surface area contributed by atoms with E-state index in [4.69, 9.17) is 16.3 Å². The number of methoxy groups -OCH3 is 1. The topological polar surface area (TPSA) is 44.1 Å². The predicted octanol–water partition coefficient (Wildman–Crippen LogP) is 6.54. The average molecular weight is 423 g/mol. The van der Waals surface area contributed by atoms with E-state index in [1.807, 2.05) is 19.1 Å². The normalized spacial score (nSPS) is 13.1. The molecule has 0 aliphatic carbocycles. The van der Waals surface area contributed by atoms with Gasteiger partial charge < -0.3 is 4.74 Å². The molecule has 0 saturated heterocycles. The monoisotopic (exact) mass is 422 g/mol. The smallest absolute Gasteiger partial charge is 0.216 e. The minimum Gasteiger partial charge on any atom is -0.497 e. The molecule has 0 fully saturated rings. The molecule has 1 atom stereocenters. The van der Waals surface area contributed by atoms with Crippen LogP contribution in [0.4, 0.5) is 0 Å². The van der Waals surface area contributed by atoms with E-state index >= 15 is 0 Å². The molecular formula is C22H31ClN2O2S. The molecular weight excluding hydrogens is 392 g/mol. The van der Waals surface area contributed by atoms with Gasteiger partial charge in [0, 0.05) is 6.07 Å². The summed E-state index contributed by atoms with van der Waals surface area (Å²) < 4.78 is 19.5. The lowest BCUT2D eigenvalue weighted by molar-refractivity contribution is 0.415. The molecule has 0 saturated carbocycles. The highest BCUT2D eigenvalue weighted by Crippen LogP contribution is 2.26. The van der Waals surface area contributed by atoms with Crippen LogP contribution >= 0.6 is 11.6 Å². The first-order valence-electron chi connectivity index (χ1n) is 9.29. The molecule has 0 spiro atoms. The summed E-state index contributed by atoms with van der Waals surface area (Å²) in [5, 5.41) is 0.154. The van der Waals surface area contributed by atoms with Gasteiger partial charge in [-0.2, -0.15) is 0 Å². The quantitative estimate of drug-likeness (QED) is 0.496. The second-order valence-corrected chi connectivity index (χ2v) is 8.98. The van der Waals surface area contributed by atoms with Gasteiger partial charge in [0.05, 0.1) is 23.0 Å². The highest BCUT2D eigenvalue weighted by molar-refractivity contribution is 7.88. The Hall–Kier alpha value is -1.85. The third-order valence-corrected chi connectivity index (χ3v) is 5.27. The van der Waals surface area contributed by atoms with Crippen molar-refractivity contribution < 1.29 is 8.95 Å².